The molecule has 0 atom stereocenters. The first-order valence-corrected chi connectivity index (χ1v) is 6.76. The van der Waals surface area contributed by atoms with Crippen molar-refractivity contribution in [3.8, 4) is 0 Å². The predicted molar refractivity (Wildman–Crippen MR) is 84.6 cm³/mol. The van der Waals surface area contributed by atoms with E-state index in [2.05, 4.69) is 10.5 Å². The Hall–Kier alpha value is -2.44. The number of hydrogen-bond donors (Lipinski definition) is 1. The van der Waals surface area contributed by atoms with Crippen LogP contribution >= 0.6 is 23.2 Å². The molecule has 0 bridgehead atoms. The minimum atomic E-state index is -0.545. The van der Waals surface area contributed by atoms with Crippen LogP contribution in [0.2, 0.25) is 10.0 Å². The van der Waals surface area contributed by atoms with E-state index in [1.165, 1.54) is 36.5 Å². The van der Waals surface area contributed by atoms with Crippen molar-refractivity contribution in [3.05, 3.63) is 73.8 Å². The lowest BCUT2D eigenvalue weighted by atomic mass is 10.2. The summed E-state index contributed by atoms with van der Waals surface area (Å²) in [6.45, 7) is 0. The third-order valence-electron chi connectivity index (χ3n) is 2.68. The smallest absolute Gasteiger partial charge is 0.267 e. The van der Waals surface area contributed by atoms with Crippen LogP contribution in [-0.4, -0.2) is 17.0 Å². The van der Waals surface area contributed by atoms with Crippen LogP contribution in [0.5, 0.6) is 0 Å². The molecule has 2 aromatic rings. The summed E-state index contributed by atoms with van der Waals surface area (Å²) < 4.78 is 0. The van der Waals surface area contributed by atoms with Crippen LogP contribution in [0.25, 0.3) is 0 Å². The molecule has 6 nitrogen and oxygen atoms in total. The fourth-order valence-electron chi connectivity index (χ4n) is 1.66. The average molecular weight is 338 g/mol. The number of hydrazone groups is 1. The number of carbonyl (C=O) groups is 1. The lowest BCUT2D eigenvalue weighted by molar-refractivity contribution is -0.385. The maximum absolute atomic E-state index is 11.9. The summed E-state index contributed by atoms with van der Waals surface area (Å²) in [4.78, 5) is 22.2. The van der Waals surface area contributed by atoms with Gasteiger partial charge in [-0.25, -0.2) is 5.43 Å². The van der Waals surface area contributed by atoms with E-state index < -0.39 is 10.8 Å². The fraction of sp³-hybridized carbons (Fsp3) is 0. The van der Waals surface area contributed by atoms with Gasteiger partial charge in [0.05, 0.1) is 27.3 Å². The molecule has 2 rings (SSSR count). The molecule has 22 heavy (non-hydrogen) atoms. The number of rotatable bonds is 4. The number of nitrogens with one attached hydrogen (secondary N) is 1. The Morgan fingerprint density at radius 3 is 2.64 bits per heavy atom. The topological polar surface area (TPSA) is 84.6 Å². The van der Waals surface area contributed by atoms with Gasteiger partial charge < -0.3 is 0 Å². The summed E-state index contributed by atoms with van der Waals surface area (Å²) >= 11 is 11.6. The largest absolute Gasteiger partial charge is 0.278 e. The Morgan fingerprint density at radius 2 is 1.95 bits per heavy atom. The third-order valence-corrected chi connectivity index (χ3v) is 3.23. The highest BCUT2D eigenvalue weighted by molar-refractivity contribution is 6.36. The third kappa shape index (κ3) is 3.81. The van der Waals surface area contributed by atoms with Crippen molar-refractivity contribution < 1.29 is 9.72 Å². The molecule has 0 saturated heterocycles. The Balaban J connectivity index is 2.13. The summed E-state index contributed by atoms with van der Waals surface area (Å²) in [5, 5.41) is 15.1. The van der Waals surface area contributed by atoms with Crippen LogP contribution in [0.1, 0.15) is 15.9 Å². The number of nitro benzene ring substituents is 1. The standard InChI is InChI=1S/C14H9Cl2N3O3/c15-10-5-6-11(12(16)7-10)14(20)18-17-8-9-3-1-2-4-13(9)19(21)22/h1-8H,(H,18,20)/b17-8+. The van der Waals surface area contributed by atoms with Crippen LogP contribution in [-0.2, 0) is 0 Å². The van der Waals surface area contributed by atoms with Crippen molar-refractivity contribution in [2.75, 3.05) is 0 Å². The molecule has 0 aliphatic heterocycles. The zero-order valence-electron chi connectivity index (χ0n) is 11.0. The van der Waals surface area contributed by atoms with E-state index in [0.29, 0.717) is 5.02 Å². The maximum Gasteiger partial charge on any atom is 0.278 e. The number of benzene rings is 2. The Bertz CT molecular complexity index is 763. The molecular weight excluding hydrogens is 329 g/mol. The van der Waals surface area contributed by atoms with Gasteiger partial charge in [0, 0.05) is 11.1 Å². The van der Waals surface area contributed by atoms with Gasteiger partial charge in [0.15, 0.2) is 0 Å². The molecule has 112 valence electrons. The number of halogens is 2. The van der Waals surface area contributed by atoms with E-state index in [1.807, 2.05) is 0 Å². The predicted octanol–water partition coefficient (Wildman–Crippen LogP) is 3.67. The number of carbonyl (C=O) groups excluding carboxylic acids is 1. The monoisotopic (exact) mass is 337 g/mol. The Kier molecular flexibility index (Phi) is 5.08. The minimum absolute atomic E-state index is 0.106. The van der Waals surface area contributed by atoms with E-state index in [4.69, 9.17) is 23.2 Å². The summed E-state index contributed by atoms with van der Waals surface area (Å²) in [6, 6.07) is 10.5. The van der Waals surface area contributed by atoms with Crippen LogP contribution in [0, 0.1) is 10.1 Å². The first-order chi connectivity index (χ1) is 10.5. The number of amides is 1. The molecule has 0 heterocycles. The second-order valence-corrected chi connectivity index (χ2v) is 4.98. The molecule has 0 saturated carbocycles. The molecule has 0 radical (unpaired) electrons. The van der Waals surface area contributed by atoms with Crippen molar-refractivity contribution in [2.45, 2.75) is 0 Å². The van der Waals surface area contributed by atoms with Crippen molar-refractivity contribution in [3.63, 3.8) is 0 Å². The molecule has 2 aromatic carbocycles. The summed E-state index contributed by atoms with van der Waals surface area (Å²) in [5.74, 6) is -0.545. The summed E-state index contributed by atoms with van der Waals surface area (Å²) in [5.41, 5.74) is 2.62. The highest BCUT2D eigenvalue weighted by atomic mass is 35.5. The van der Waals surface area contributed by atoms with Gasteiger partial charge in [-0.1, -0.05) is 35.3 Å². The number of hydrogen-bond acceptors (Lipinski definition) is 4. The van der Waals surface area contributed by atoms with Crippen molar-refractivity contribution in [1.29, 1.82) is 0 Å². The fourth-order valence-corrected chi connectivity index (χ4v) is 2.15. The SMILES string of the molecule is O=C(N/N=C/c1ccccc1[N+](=O)[O-])c1ccc(Cl)cc1Cl. The lowest BCUT2D eigenvalue weighted by Gasteiger charge is -2.03. The lowest BCUT2D eigenvalue weighted by Crippen LogP contribution is -2.18. The van der Waals surface area contributed by atoms with Gasteiger partial charge in [0.1, 0.15) is 0 Å². The Labute approximate surface area is 135 Å². The molecule has 0 aromatic heterocycles. The second kappa shape index (κ2) is 7.02. The number of nitrogens with zero attached hydrogens (tertiary/aromatic N) is 2. The number of nitro groups is 1. The van der Waals surface area contributed by atoms with Gasteiger partial charge in [-0.3, -0.25) is 14.9 Å². The summed E-state index contributed by atoms with van der Waals surface area (Å²) in [6.07, 6.45) is 1.19. The molecule has 0 fully saturated rings. The van der Waals surface area contributed by atoms with E-state index in [1.54, 1.807) is 12.1 Å². The minimum Gasteiger partial charge on any atom is -0.267 e. The van der Waals surface area contributed by atoms with Crippen LogP contribution < -0.4 is 5.43 Å². The van der Waals surface area contributed by atoms with Gasteiger partial charge in [-0.05, 0) is 24.3 Å². The van der Waals surface area contributed by atoms with Crippen LogP contribution in [0.3, 0.4) is 0 Å². The molecular formula is C14H9Cl2N3O3. The van der Waals surface area contributed by atoms with Crippen molar-refractivity contribution in [2.24, 2.45) is 5.10 Å². The van der Waals surface area contributed by atoms with Crippen LogP contribution in [0.4, 0.5) is 5.69 Å². The molecule has 8 heteroatoms. The quantitative estimate of drug-likeness (QED) is 0.524. The number of para-hydroxylation sites is 1. The highest BCUT2D eigenvalue weighted by Gasteiger charge is 2.11. The Morgan fingerprint density at radius 1 is 1.23 bits per heavy atom. The highest BCUT2D eigenvalue weighted by Crippen LogP contribution is 2.20. The first-order valence-electron chi connectivity index (χ1n) is 6.01. The average Bonchev–Trinajstić information content (AvgIpc) is 2.47. The van der Waals surface area contributed by atoms with Gasteiger partial charge >= 0.3 is 0 Å². The molecule has 0 aliphatic rings. The summed E-state index contributed by atoms with van der Waals surface area (Å²) in [7, 11) is 0. The molecule has 0 unspecified atom stereocenters. The van der Waals surface area contributed by atoms with E-state index in [-0.39, 0.29) is 21.8 Å². The molecule has 1 N–H and O–H groups in total. The van der Waals surface area contributed by atoms with E-state index >= 15 is 0 Å². The van der Waals surface area contributed by atoms with E-state index in [0.717, 1.165) is 0 Å². The van der Waals surface area contributed by atoms with Crippen molar-refractivity contribution >= 4 is 41.0 Å². The molecule has 1 amide bonds. The normalized spacial score (nSPS) is 10.6. The molecule has 0 spiro atoms. The zero-order chi connectivity index (χ0) is 16.1. The zero-order valence-corrected chi connectivity index (χ0v) is 12.5. The van der Waals surface area contributed by atoms with Crippen molar-refractivity contribution in [1.82, 2.24) is 5.43 Å². The molecule has 0 aliphatic carbocycles. The van der Waals surface area contributed by atoms with Gasteiger partial charge in [0.2, 0.25) is 0 Å². The van der Waals surface area contributed by atoms with Gasteiger partial charge in [0.25, 0.3) is 11.6 Å². The first kappa shape index (κ1) is 15.9. The van der Waals surface area contributed by atoms with E-state index in [9.17, 15) is 14.9 Å². The maximum atomic E-state index is 11.9. The van der Waals surface area contributed by atoms with Gasteiger partial charge in [-0.2, -0.15) is 5.10 Å². The second-order valence-electron chi connectivity index (χ2n) is 4.14. The van der Waals surface area contributed by atoms with Gasteiger partial charge in [-0.15, -0.1) is 0 Å². The van der Waals surface area contributed by atoms with Crippen LogP contribution in [0.15, 0.2) is 47.6 Å².